The van der Waals surface area contributed by atoms with Crippen molar-refractivity contribution >= 4 is 28.8 Å². The molecule has 0 saturated heterocycles. The van der Waals surface area contributed by atoms with Gasteiger partial charge in [-0.2, -0.15) is 0 Å². The lowest BCUT2D eigenvalue weighted by molar-refractivity contribution is 0.475. The minimum atomic E-state index is -0.176. The van der Waals surface area contributed by atoms with Crippen molar-refractivity contribution in [3.8, 4) is 5.75 Å². The number of benzene rings is 2. The first-order chi connectivity index (χ1) is 11.0. The molecule has 1 N–H and O–H groups in total. The number of anilines is 1. The third-order valence-electron chi connectivity index (χ3n) is 3.58. The fourth-order valence-electron chi connectivity index (χ4n) is 2.31. The Morgan fingerprint density at radius 3 is 2.43 bits per heavy atom. The Morgan fingerprint density at radius 1 is 1.00 bits per heavy atom. The van der Waals surface area contributed by atoms with Gasteiger partial charge < -0.3 is 14.4 Å². The fourth-order valence-corrected chi connectivity index (χ4v) is 2.31. The largest absolute Gasteiger partial charge is 0.508 e. The Bertz CT molecular complexity index is 921. The zero-order chi connectivity index (χ0) is 16.4. The van der Waals surface area contributed by atoms with Gasteiger partial charge in [-0.1, -0.05) is 18.2 Å². The predicted molar refractivity (Wildman–Crippen MR) is 93.8 cm³/mol. The number of fused-ring (bicyclic) bond motifs is 1. The number of rotatable bonds is 3. The molecule has 116 valence electrons. The molecule has 1 heterocycles. The molecule has 0 aliphatic heterocycles. The van der Waals surface area contributed by atoms with Crippen LogP contribution in [-0.2, 0) is 0 Å². The first-order valence-electron chi connectivity index (χ1n) is 7.25. The minimum Gasteiger partial charge on any atom is -0.508 e. The molecule has 0 atom stereocenters. The standard InChI is InChI=1S/C19H17NO3/c1-20(2)14-6-3-13(4-7-14)5-9-16-12-18(22)17-11-15(21)8-10-19(17)23-16/h3-12,21H,1-2H3/b9-5+. The number of phenolic OH excluding ortho intramolecular Hbond substituents is 1. The smallest absolute Gasteiger partial charge is 0.193 e. The van der Waals surface area contributed by atoms with E-state index in [1.807, 2.05) is 49.3 Å². The van der Waals surface area contributed by atoms with Gasteiger partial charge in [0.1, 0.15) is 17.1 Å². The summed E-state index contributed by atoms with van der Waals surface area (Å²) < 4.78 is 5.68. The third-order valence-corrected chi connectivity index (χ3v) is 3.58. The summed E-state index contributed by atoms with van der Waals surface area (Å²) in [6, 6.07) is 14.0. The van der Waals surface area contributed by atoms with Crippen LogP contribution in [0.5, 0.6) is 5.75 Å². The van der Waals surface area contributed by atoms with Gasteiger partial charge in [-0.25, -0.2) is 0 Å². The van der Waals surface area contributed by atoms with Crippen molar-refractivity contribution in [3.63, 3.8) is 0 Å². The number of phenols is 1. The van der Waals surface area contributed by atoms with E-state index in [1.54, 1.807) is 12.1 Å². The van der Waals surface area contributed by atoms with Crippen LogP contribution in [0, 0.1) is 0 Å². The van der Waals surface area contributed by atoms with Crippen LogP contribution in [0.4, 0.5) is 5.69 Å². The van der Waals surface area contributed by atoms with Crippen molar-refractivity contribution in [1.29, 1.82) is 0 Å². The van der Waals surface area contributed by atoms with E-state index in [0.29, 0.717) is 16.7 Å². The summed E-state index contributed by atoms with van der Waals surface area (Å²) in [6.45, 7) is 0. The predicted octanol–water partition coefficient (Wildman–Crippen LogP) is 3.74. The van der Waals surface area contributed by atoms with Crippen molar-refractivity contribution in [2.45, 2.75) is 0 Å². The van der Waals surface area contributed by atoms with Gasteiger partial charge in [-0.3, -0.25) is 4.79 Å². The zero-order valence-electron chi connectivity index (χ0n) is 13.0. The Morgan fingerprint density at radius 2 is 1.74 bits per heavy atom. The summed E-state index contributed by atoms with van der Waals surface area (Å²) in [7, 11) is 3.98. The first kappa shape index (κ1) is 14.9. The van der Waals surface area contributed by atoms with Crippen molar-refractivity contribution in [1.82, 2.24) is 0 Å². The average molecular weight is 307 g/mol. The van der Waals surface area contributed by atoms with Gasteiger partial charge in [0.05, 0.1) is 5.39 Å². The summed E-state index contributed by atoms with van der Waals surface area (Å²) in [5.41, 5.74) is 2.42. The van der Waals surface area contributed by atoms with E-state index in [1.165, 1.54) is 18.2 Å². The van der Waals surface area contributed by atoms with Gasteiger partial charge >= 0.3 is 0 Å². The quantitative estimate of drug-likeness (QED) is 0.801. The summed E-state index contributed by atoms with van der Waals surface area (Å²) in [4.78, 5) is 14.1. The van der Waals surface area contributed by atoms with Crippen molar-refractivity contribution in [2.24, 2.45) is 0 Å². The van der Waals surface area contributed by atoms with Crippen LogP contribution < -0.4 is 10.3 Å². The molecule has 0 saturated carbocycles. The average Bonchev–Trinajstić information content (AvgIpc) is 2.54. The highest BCUT2D eigenvalue weighted by atomic mass is 16.3. The minimum absolute atomic E-state index is 0.0501. The Balaban J connectivity index is 1.91. The topological polar surface area (TPSA) is 53.7 Å². The second kappa shape index (κ2) is 6.01. The summed E-state index contributed by atoms with van der Waals surface area (Å²) in [5.74, 6) is 0.527. The molecule has 4 nitrogen and oxygen atoms in total. The highest BCUT2D eigenvalue weighted by molar-refractivity contribution is 5.79. The van der Waals surface area contributed by atoms with Crippen LogP contribution in [0.25, 0.3) is 23.1 Å². The molecule has 0 aliphatic rings. The van der Waals surface area contributed by atoms with Crippen LogP contribution in [0.3, 0.4) is 0 Å². The molecule has 0 aliphatic carbocycles. The molecule has 1 aromatic heterocycles. The molecule has 0 fully saturated rings. The molecular weight excluding hydrogens is 290 g/mol. The van der Waals surface area contributed by atoms with Gasteiger partial charge in [0.2, 0.25) is 0 Å². The van der Waals surface area contributed by atoms with Crippen LogP contribution in [0.2, 0.25) is 0 Å². The molecule has 3 aromatic rings. The Labute approximate surface area is 133 Å². The van der Waals surface area contributed by atoms with Crippen LogP contribution >= 0.6 is 0 Å². The Kier molecular flexibility index (Phi) is 3.89. The van der Waals surface area contributed by atoms with E-state index in [9.17, 15) is 9.90 Å². The van der Waals surface area contributed by atoms with Gasteiger partial charge in [-0.15, -0.1) is 0 Å². The maximum absolute atomic E-state index is 12.1. The molecule has 0 spiro atoms. The van der Waals surface area contributed by atoms with Crippen molar-refractivity contribution in [3.05, 3.63) is 70.1 Å². The van der Waals surface area contributed by atoms with Crippen LogP contribution in [-0.4, -0.2) is 19.2 Å². The molecule has 0 radical (unpaired) electrons. The van der Waals surface area contributed by atoms with Gasteiger partial charge in [0.25, 0.3) is 0 Å². The lowest BCUT2D eigenvalue weighted by Crippen LogP contribution is -2.07. The van der Waals surface area contributed by atoms with E-state index in [-0.39, 0.29) is 11.2 Å². The van der Waals surface area contributed by atoms with Gasteiger partial charge in [-0.05, 0) is 42.0 Å². The maximum Gasteiger partial charge on any atom is 0.193 e. The van der Waals surface area contributed by atoms with Gasteiger partial charge in [0.15, 0.2) is 5.43 Å². The fraction of sp³-hybridized carbons (Fsp3) is 0.105. The molecule has 23 heavy (non-hydrogen) atoms. The van der Waals surface area contributed by atoms with E-state index in [4.69, 9.17) is 4.42 Å². The van der Waals surface area contributed by atoms with E-state index in [0.717, 1.165) is 11.3 Å². The monoisotopic (exact) mass is 307 g/mol. The highest BCUT2D eigenvalue weighted by Crippen LogP contribution is 2.19. The first-order valence-corrected chi connectivity index (χ1v) is 7.25. The third kappa shape index (κ3) is 3.26. The normalized spacial score (nSPS) is 11.2. The highest BCUT2D eigenvalue weighted by Gasteiger charge is 2.04. The summed E-state index contributed by atoms with van der Waals surface area (Å²) in [5, 5.41) is 9.81. The molecule has 0 amide bonds. The van der Waals surface area contributed by atoms with Crippen LogP contribution in [0.1, 0.15) is 11.3 Å². The lowest BCUT2D eigenvalue weighted by atomic mass is 10.1. The molecule has 4 heteroatoms. The zero-order valence-corrected chi connectivity index (χ0v) is 13.0. The van der Waals surface area contributed by atoms with Gasteiger partial charge in [0, 0.05) is 25.8 Å². The number of hydrogen-bond acceptors (Lipinski definition) is 4. The molecule has 0 bridgehead atoms. The number of aromatic hydroxyl groups is 1. The molecule has 2 aromatic carbocycles. The van der Waals surface area contributed by atoms with E-state index in [2.05, 4.69) is 0 Å². The van der Waals surface area contributed by atoms with E-state index >= 15 is 0 Å². The molecule has 3 rings (SSSR count). The van der Waals surface area contributed by atoms with E-state index < -0.39 is 0 Å². The molecular formula is C19H17NO3. The maximum atomic E-state index is 12.1. The number of nitrogens with zero attached hydrogens (tertiary/aromatic N) is 1. The Hall–Kier alpha value is -3.01. The van der Waals surface area contributed by atoms with Crippen molar-refractivity contribution < 1.29 is 9.52 Å². The summed E-state index contributed by atoms with van der Waals surface area (Å²) in [6.07, 6.45) is 3.66. The SMILES string of the molecule is CN(C)c1ccc(/C=C/c2cc(=O)c3cc(O)ccc3o2)cc1. The van der Waals surface area contributed by atoms with Crippen molar-refractivity contribution in [2.75, 3.05) is 19.0 Å². The number of hydrogen-bond donors (Lipinski definition) is 1. The van der Waals surface area contributed by atoms with Crippen LogP contribution in [0.15, 0.2) is 57.7 Å². The second-order valence-corrected chi connectivity index (χ2v) is 5.51. The lowest BCUT2D eigenvalue weighted by Gasteiger charge is -2.11. The second-order valence-electron chi connectivity index (χ2n) is 5.51. The summed E-state index contributed by atoms with van der Waals surface area (Å²) >= 11 is 0. The molecule has 0 unspecified atom stereocenters.